The van der Waals surface area contributed by atoms with E-state index in [0.29, 0.717) is 42.4 Å². The number of fused-ring (bicyclic) bond motifs is 1. The average molecular weight is 540 g/mol. The summed E-state index contributed by atoms with van der Waals surface area (Å²) in [6.07, 6.45) is 0.890. The monoisotopic (exact) mass is 539 g/mol. The zero-order valence-corrected chi connectivity index (χ0v) is 22.3. The minimum atomic E-state index is -0.511. The highest BCUT2D eigenvalue weighted by atomic mass is 32.1. The number of carbonyl (C=O) groups is 2. The Morgan fingerprint density at radius 2 is 1.76 bits per heavy atom. The van der Waals surface area contributed by atoms with Crippen LogP contribution in [0.4, 0.5) is 20.0 Å². The van der Waals surface area contributed by atoms with Crippen LogP contribution in [0.3, 0.4) is 0 Å². The zero-order chi connectivity index (χ0) is 26.2. The van der Waals surface area contributed by atoms with Crippen LogP contribution in [-0.2, 0) is 4.74 Å². The second-order valence-electron chi connectivity index (χ2n) is 9.62. The van der Waals surface area contributed by atoms with Crippen molar-refractivity contribution >= 4 is 55.0 Å². The van der Waals surface area contributed by atoms with Crippen molar-refractivity contribution in [2.75, 3.05) is 36.4 Å². The maximum atomic E-state index is 13.1. The molecule has 0 unspecified atom stereocenters. The fourth-order valence-corrected chi connectivity index (χ4v) is 6.00. The second-order valence-corrected chi connectivity index (χ2v) is 11.7. The Morgan fingerprint density at radius 1 is 1.03 bits per heavy atom. The lowest BCUT2D eigenvalue weighted by Crippen LogP contribution is -2.50. The van der Waals surface area contributed by atoms with Crippen molar-refractivity contribution < 1.29 is 18.7 Å². The van der Waals surface area contributed by atoms with Crippen molar-refractivity contribution in [3.63, 3.8) is 0 Å². The summed E-state index contributed by atoms with van der Waals surface area (Å²) in [5, 5.41) is 3.81. The number of pyridine rings is 1. The molecule has 1 fully saturated rings. The summed E-state index contributed by atoms with van der Waals surface area (Å²) in [4.78, 5) is 39.2. The minimum Gasteiger partial charge on any atom is -0.444 e. The van der Waals surface area contributed by atoms with E-state index in [-0.39, 0.29) is 17.8 Å². The van der Waals surface area contributed by atoms with Crippen LogP contribution in [0.15, 0.2) is 48.7 Å². The Labute approximate surface area is 221 Å². The Bertz CT molecular complexity index is 1390. The second kappa shape index (κ2) is 10.1. The van der Waals surface area contributed by atoms with E-state index in [1.807, 2.05) is 39.0 Å². The van der Waals surface area contributed by atoms with Gasteiger partial charge in [-0.15, -0.1) is 11.3 Å². The van der Waals surface area contributed by atoms with Gasteiger partial charge in [0.15, 0.2) is 5.13 Å². The summed E-state index contributed by atoms with van der Waals surface area (Å²) < 4.78 is 19.5. The van der Waals surface area contributed by atoms with Crippen molar-refractivity contribution in [3.8, 4) is 11.3 Å². The Morgan fingerprint density at radius 3 is 2.38 bits per heavy atom. The highest BCUT2D eigenvalue weighted by Crippen LogP contribution is 2.35. The Balaban J connectivity index is 1.19. The van der Waals surface area contributed by atoms with Crippen molar-refractivity contribution in [2.24, 2.45) is 0 Å². The molecule has 2 amide bonds. The van der Waals surface area contributed by atoms with Crippen molar-refractivity contribution in [2.45, 2.75) is 26.4 Å². The minimum absolute atomic E-state index is 0.199. The fraction of sp³-hybridized carbons (Fsp3) is 0.308. The van der Waals surface area contributed by atoms with E-state index in [0.717, 1.165) is 20.2 Å². The number of rotatable bonds is 4. The average Bonchev–Trinajstić information content (AvgIpc) is 3.44. The van der Waals surface area contributed by atoms with Crippen molar-refractivity contribution in [3.05, 3.63) is 59.4 Å². The highest BCUT2D eigenvalue weighted by molar-refractivity contribution is 7.29. The molecule has 1 aromatic carbocycles. The molecule has 0 radical (unpaired) electrons. The van der Waals surface area contributed by atoms with E-state index in [4.69, 9.17) is 9.72 Å². The molecular weight excluding hydrogens is 513 g/mol. The Hall–Kier alpha value is -3.57. The Kier molecular flexibility index (Phi) is 6.82. The first-order chi connectivity index (χ1) is 17.6. The number of hydrogen-bond acceptors (Lipinski definition) is 8. The molecule has 0 saturated carbocycles. The lowest BCUT2D eigenvalue weighted by Gasteiger charge is -2.35. The van der Waals surface area contributed by atoms with Crippen LogP contribution in [0.5, 0.6) is 0 Å². The van der Waals surface area contributed by atoms with Gasteiger partial charge in [-0.05, 0) is 51.1 Å². The summed E-state index contributed by atoms with van der Waals surface area (Å²) in [5.41, 5.74) is 1.64. The molecule has 1 aliphatic heterocycles. The molecule has 1 saturated heterocycles. The van der Waals surface area contributed by atoms with Gasteiger partial charge in [0.25, 0.3) is 5.91 Å². The van der Waals surface area contributed by atoms with Crippen molar-refractivity contribution in [1.82, 2.24) is 14.9 Å². The normalized spacial score (nSPS) is 14.2. The summed E-state index contributed by atoms with van der Waals surface area (Å²) in [5.74, 6) is -0.582. The smallest absolute Gasteiger partial charge is 0.410 e. The van der Waals surface area contributed by atoms with Gasteiger partial charge in [0.05, 0.1) is 21.5 Å². The maximum Gasteiger partial charge on any atom is 0.410 e. The van der Waals surface area contributed by atoms with Gasteiger partial charge in [-0.2, -0.15) is 0 Å². The van der Waals surface area contributed by atoms with E-state index in [9.17, 15) is 14.0 Å². The van der Waals surface area contributed by atoms with Crippen LogP contribution >= 0.6 is 22.7 Å². The van der Waals surface area contributed by atoms with E-state index in [1.54, 1.807) is 34.4 Å². The van der Waals surface area contributed by atoms with Gasteiger partial charge in [-0.1, -0.05) is 23.5 Å². The number of aromatic nitrogens is 2. The third kappa shape index (κ3) is 5.89. The summed E-state index contributed by atoms with van der Waals surface area (Å²) in [6.45, 7) is 8.09. The molecule has 37 heavy (non-hydrogen) atoms. The SMILES string of the molecule is CC(C)(C)OC(=O)N1CCN(c2nc3sc(C(=O)Nc4ccc(-c5ccc(F)cn5)cc4)cc3s2)CC1. The van der Waals surface area contributed by atoms with Crippen LogP contribution in [0.2, 0.25) is 0 Å². The highest BCUT2D eigenvalue weighted by Gasteiger charge is 2.27. The number of nitrogens with zero attached hydrogens (tertiary/aromatic N) is 4. The molecule has 1 aliphatic rings. The van der Waals surface area contributed by atoms with Gasteiger partial charge >= 0.3 is 6.09 Å². The molecule has 5 rings (SSSR count). The number of piperazine rings is 1. The van der Waals surface area contributed by atoms with Gasteiger partial charge in [0, 0.05) is 37.4 Å². The number of amides is 2. The molecule has 0 bridgehead atoms. The summed E-state index contributed by atoms with van der Waals surface area (Å²) >= 11 is 2.90. The van der Waals surface area contributed by atoms with Gasteiger partial charge in [0.2, 0.25) is 0 Å². The number of carbonyl (C=O) groups excluding carboxylic acids is 2. The molecule has 1 N–H and O–H groups in total. The van der Waals surface area contributed by atoms with E-state index >= 15 is 0 Å². The topological polar surface area (TPSA) is 87.7 Å². The molecule has 0 aliphatic carbocycles. The third-order valence-electron chi connectivity index (χ3n) is 5.67. The van der Waals surface area contributed by atoms with Crippen LogP contribution < -0.4 is 10.2 Å². The lowest BCUT2D eigenvalue weighted by atomic mass is 10.1. The molecule has 8 nitrogen and oxygen atoms in total. The largest absolute Gasteiger partial charge is 0.444 e. The maximum absolute atomic E-state index is 13.1. The standard InChI is InChI=1S/C26H26FN5O3S2/c1-26(2,3)35-25(34)32-12-10-31(11-13-32)24-30-23-21(37-24)14-20(36-23)22(33)29-18-7-4-16(5-8-18)19-9-6-17(27)15-28-19/h4-9,14-15H,10-13H2,1-3H3,(H,29,33). The van der Waals surface area contributed by atoms with Crippen LogP contribution in [0, 0.1) is 5.82 Å². The van der Waals surface area contributed by atoms with E-state index in [2.05, 4.69) is 15.2 Å². The van der Waals surface area contributed by atoms with Gasteiger partial charge < -0.3 is 19.9 Å². The summed E-state index contributed by atoms with van der Waals surface area (Å²) in [6, 6.07) is 12.1. The number of benzene rings is 1. The van der Waals surface area contributed by atoms with E-state index < -0.39 is 5.60 Å². The van der Waals surface area contributed by atoms with Crippen LogP contribution in [0.1, 0.15) is 30.4 Å². The fourth-order valence-electron chi connectivity index (χ4n) is 3.84. The first-order valence-corrected chi connectivity index (χ1v) is 13.4. The summed E-state index contributed by atoms with van der Waals surface area (Å²) in [7, 11) is 0. The first-order valence-electron chi connectivity index (χ1n) is 11.8. The predicted molar refractivity (Wildman–Crippen MR) is 145 cm³/mol. The van der Waals surface area contributed by atoms with Gasteiger partial charge in [-0.25, -0.2) is 14.2 Å². The van der Waals surface area contributed by atoms with E-state index in [1.165, 1.54) is 23.6 Å². The molecular formula is C26H26FN5O3S2. The van der Waals surface area contributed by atoms with Crippen molar-refractivity contribution in [1.29, 1.82) is 0 Å². The molecule has 0 atom stereocenters. The van der Waals surface area contributed by atoms with Crippen LogP contribution in [-0.4, -0.2) is 58.6 Å². The number of halogens is 1. The molecule has 3 aromatic heterocycles. The quantitative estimate of drug-likeness (QED) is 0.349. The molecule has 192 valence electrons. The first kappa shape index (κ1) is 25.1. The molecule has 4 heterocycles. The number of thiazole rings is 1. The number of nitrogens with one attached hydrogen (secondary N) is 1. The molecule has 11 heteroatoms. The van der Waals surface area contributed by atoms with Crippen LogP contribution in [0.25, 0.3) is 20.8 Å². The molecule has 0 spiro atoms. The number of anilines is 2. The predicted octanol–water partition coefficient (Wildman–Crippen LogP) is 5.87. The third-order valence-corrected chi connectivity index (χ3v) is 7.89. The molecule has 4 aromatic rings. The number of thiophene rings is 1. The van der Waals surface area contributed by atoms with Gasteiger partial charge in [0.1, 0.15) is 16.2 Å². The number of hydrogen-bond donors (Lipinski definition) is 1. The lowest BCUT2D eigenvalue weighted by molar-refractivity contribution is 0.0240. The number of ether oxygens (including phenoxy) is 1. The zero-order valence-electron chi connectivity index (χ0n) is 20.7. The van der Waals surface area contributed by atoms with Gasteiger partial charge in [-0.3, -0.25) is 9.78 Å².